The van der Waals surface area contributed by atoms with Crippen molar-refractivity contribution in [2.45, 2.75) is 40.2 Å². The van der Waals surface area contributed by atoms with Crippen LogP contribution in [0.25, 0.3) is 0 Å². The van der Waals surface area contributed by atoms with E-state index in [1.54, 1.807) is 0 Å². The minimum Gasteiger partial charge on any atom is -0.350 e. The molecule has 0 unspecified atom stereocenters. The van der Waals surface area contributed by atoms with Gasteiger partial charge in [-0.05, 0) is 70.1 Å². The van der Waals surface area contributed by atoms with Crippen LogP contribution in [0.5, 0.6) is 0 Å². The van der Waals surface area contributed by atoms with Gasteiger partial charge in [-0.2, -0.15) is 0 Å². The van der Waals surface area contributed by atoms with Crippen LogP contribution in [0.15, 0.2) is 18.2 Å². The van der Waals surface area contributed by atoms with Crippen LogP contribution in [-0.2, 0) is 4.79 Å². The summed E-state index contributed by atoms with van der Waals surface area (Å²) in [4.78, 5) is 16.4. The number of nitrogens with zero attached hydrogens (tertiary/aromatic N) is 2. The number of hydrogen-bond acceptors (Lipinski definition) is 3. The number of aryl methyl sites for hydroxylation is 2. The third kappa shape index (κ3) is 6.63. The first-order valence-electron chi connectivity index (χ1n) is 8.80. The maximum absolute atomic E-state index is 12.0. The lowest BCUT2D eigenvalue weighted by Crippen LogP contribution is -2.53. The summed E-state index contributed by atoms with van der Waals surface area (Å²) in [5.74, 6) is 0.0805. The van der Waals surface area contributed by atoms with Crippen molar-refractivity contribution >= 4 is 28.9 Å². The summed E-state index contributed by atoms with van der Waals surface area (Å²) < 4.78 is 0. The standard InChI is InChI=1S/C19H30N4OS/c1-14-10-15(2)12-16(11-14)20-18(25)23-8-6-22(7-9-23)13-17(24)21-19(3,4)5/h10-12H,6-9,13H2,1-5H3,(H,20,25)(H,21,24). The highest BCUT2D eigenvalue weighted by Gasteiger charge is 2.22. The SMILES string of the molecule is Cc1cc(C)cc(NC(=S)N2CCN(CC(=O)NC(C)(C)C)CC2)c1. The zero-order valence-electron chi connectivity index (χ0n) is 16.0. The molecule has 6 heteroatoms. The van der Waals surface area contributed by atoms with E-state index >= 15 is 0 Å². The van der Waals surface area contributed by atoms with E-state index in [0.717, 1.165) is 37.0 Å². The maximum atomic E-state index is 12.0. The smallest absolute Gasteiger partial charge is 0.234 e. The van der Waals surface area contributed by atoms with Crippen molar-refractivity contribution in [3.05, 3.63) is 29.3 Å². The number of rotatable bonds is 3. The summed E-state index contributed by atoms with van der Waals surface area (Å²) in [6.07, 6.45) is 0. The third-order valence-electron chi connectivity index (χ3n) is 4.01. The molecule has 0 radical (unpaired) electrons. The molecule has 25 heavy (non-hydrogen) atoms. The van der Waals surface area contributed by atoms with Gasteiger partial charge in [0.2, 0.25) is 5.91 Å². The second kappa shape index (κ2) is 8.15. The fourth-order valence-electron chi connectivity index (χ4n) is 3.02. The van der Waals surface area contributed by atoms with Gasteiger partial charge in [0.15, 0.2) is 5.11 Å². The van der Waals surface area contributed by atoms with Crippen molar-refractivity contribution in [3.8, 4) is 0 Å². The molecule has 0 saturated carbocycles. The molecule has 5 nitrogen and oxygen atoms in total. The van der Waals surface area contributed by atoms with Crippen LogP contribution in [-0.4, -0.2) is 59.1 Å². The highest BCUT2D eigenvalue weighted by atomic mass is 32.1. The number of amides is 1. The summed E-state index contributed by atoms with van der Waals surface area (Å²) >= 11 is 5.56. The number of carbonyl (C=O) groups is 1. The fourth-order valence-corrected chi connectivity index (χ4v) is 3.32. The molecule has 138 valence electrons. The van der Waals surface area contributed by atoms with Gasteiger partial charge in [0.1, 0.15) is 0 Å². The Balaban J connectivity index is 1.81. The van der Waals surface area contributed by atoms with Crippen molar-refractivity contribution < 1.29 is 4.79 Å². The molecule has 1 fully saturated rings. The molecule has 2 N–H and O–H groups in total. The normalized spacial score (nSPS) is 15.8. The molecule has 1 aliphatic heterocycles. The Hall–Kier alpha value is -1.66. The van der Waals surface area contributed by atoms with E-state index in [-0.39, 0.29) is 11.4 Å². The van der Waals surface area contributed by atoms with Gasteiger partial charge in [0, 0.05) is 37.4 Å². The summed E-state index contributed by atoms with van der Waals surface area (Å²) in [5.41, 5.74) is 3.30. The van der Waals surface area contributed by atoms with Crippen LogP contribution >= 0.6 is 12.2 Å². The lowest BCUT2D eigenvalue weighted by Gasteiger charge is -2.36. The minimum atomic E-state index is -0.184. The lowest BCUT2D eigenvalue weighted by atomic mass is 10.1. The number of carbonyl (C=O) groups excluding carboxylic acids is 1. The van der Waals surface area contributed by atoms with Crippen molar-refractivity contribution in [1.29, 1.82) is 0 Å². The monoisotopic (exact) mass is 362 g/mol. The summed E-state index contributed by atoms with van der Waals surface area (Å²) in [6.45, 7) is 14.0. The molecule has 2 rings (SSSR count). The van der Waals surface area contributed by atoms with E-state index in [0.29, 0.717) is 6.54 Å². The molecular formula is C19H30N4OS. The van der Waals surface area contributed by atoms with Crippen molar-refractivity contribution in [2.24, 2.45) is 0 Å². The van der Waals surface area contributed by atoms with Crippen molar-refractivity contribution in [3.63, 3.8) is 0 Å². The Kier molecular flexibility index (Phi) is 6.41. The van der Waals surface area contributed by atoms with Gasteiger partial charge in [0.05, 0.1) is 6.54 Å². The van der Waals surface area contributed by atoms with Gasteiger partial charge in [-0.15, -0.1) is 0 Å². The third-order valence-corrected chi connectivity index (χ3v) is 4.37. The molecule has 1 heterocycles. The van der Waals surface area contributed by atoms with E-state index in [9.17, 15) is 4.79 Å². The zero-order valence-corrected chi connectivity index (χ0v) is 16.8. The Morgan fingerprint density at radius 1 is 1.08 bits per heavy atom. The molecular weight excluding hydrogens is 332 g/mol. The average molecular weight is 363 g/mol. The van der Waals surface area contributed by atoms with E-state index in [4.69, 9.17) is 12.2 Å². The van der Waals surface area contributed by atoms with E-state index in [1.807, 2.05) is 20.8 Å². The number of nitrogens with one attached hydrogen (secondary N) is 2. The predicted molar refractivity (Wildman–Crippen MR) is 108 cm³/mol. The quantitative estimate of drug-likeness (QED) is 0.809. The predicted octanol–water partition coefficient (Wildman–Crippen LogP) is 2.53. The van der Waals surface area contributed by atoms with Gasteiger partial charge >= 0.3 is 0 Å². The highest BCUT2D eigenvalue weighted by molar-refractivity contribution is 7.80. The second-order valence-corrected chi connectivity index (χ2v) is 8.25. The number of benzene rings is 1. The van der Waals surface area contributed by atoms with Crippen LogP contribution < -0.4 is 10.6 Å². The first-order chi connectivity index (χ1) is 11.6. The molecule has 1 aromatic carbocycles. The van der Waals surface area contributed by atoms with Gasteiger partial charge < -0.3 is 15.5 Å². The molecule has 1 aromatic rings. The molecule has 1 aliphatic rings. The number of hydrogen-bond donors (Lipinski definition) is 2. The fraction of sp³-hybridized carbons (Fsp3) is 0.579. The second-order valence-electron chi connectivity index (χ2n) is 7.87. The van der Waals surface area contributed by atoms with E-state index in [1.165, 1.54) is 11.1 Å². The zero-order chi connectivity index (χ0) is 18.6. The molecule has 0 aliphatic carbocycles. The topological polar surface area (TPSA) is 47.6 Å². The lowest BCUT2D eigenvalue weighted by molar-refractivity contribution is -0.123. The largest absolute Gasteiger partial charge is 0.350 e. The van der Waals surface area contributed by atoms with Gasteiger partial charge in [-0.3, -0.25) is 9.69 Å². The molecule has 0 aromatic heterocycles. The Morgan fingerprint density at radius 2 is 1.64 bits per heavy atom. The van der Waals surface area contributed by atoms with E-state index in [2.05, 4.69) is 52.5 Å². The van der Waals surface area contributed by atoms with Crippen molar-refractivity contribution in [2.75, 3.05) is 38.0 Å². The van der Waals surface area contributed by atoms with E-state index < -0.39 is 0 Å². The molecule has 0 spiro atoms. The molecule has 1 saturated heterocycles. The van der Waals surface area contributed by atoms with Gasteiger partial charge in [-0.1, -0.05) is 6.07 Å². The number of anilines is 1. The number of thiocarbonyl (C=S) groups is 1. The van der Waals surface area contributed by atoms with Crippen LogP contribution in [0, 0.1) is 13.8 Å². The van der Waals surface area contributed by atoms with Crippen LogP contribution in [0.4, 0.5) is 5.69 Å². The first kappa shape index (κ1) is 19.7. The molecule has 1 amide bonds. The minimum absolute atomic E-state index is 0.0805. The maximum Gasteiger partial charge on any atom is 0.234 e. The molecule has 0 bridgehead atoms. The van der Waals surface area contributed by atoms with Crippen LogP contribution in [0.1, 0.15) is 31.9 Å². The number of piperazine rings is 1. The average Bonchev–Trinajstić information content (AvgIpc) is 2.44. The summed E-state index contributed by atoms with van der Waals surface area (Å²) in [7, 11) is 0. The summed E-state index contributed by atoms with van der Waals surface area (Å²) in [5, 5.41) is 7.10. The van der Waals surface area contributed by atoms with Gasteiger partial charge in [-0.25, -0.2) is 0 Å². The van der Waals surface area contributed by atoms with Crippen LogP contribution in [0.2, 0.25) is 0 Å². The molecule has 0 atom stereocenters. The summed E-state index contributed by atoms with van der Waals surface area (Å²) in [6, 6.07) is 6.36. The van der Waals surface area contributed by atoms with Gasteiger partial charge in [0.25, 0.3) is 0 Å². The Labute approximate surface area is 156 Å². The Bertz CT molecular complexity index is 611. The highest BCUT2D eigenvalue weighted by Crippen LogP contribution is 2.15. The first-order valence-corrected chi connectivity index (χ1v) is 9.21. The Morgan fingerprint density at radius 3 is 2.16 bits per heavy atom. The van der Waals surface area contributed by atoms with Crippen LogP contribution in [0.3, 0.4) is 0 Å². The van der Waals surface area contributed by atoms with Crippen molar-refractivity contribution in [1.82, 2.24) is 15.1 Å².